The highest BCUT2D eigenvalue weighted by molar-refractivity contribution is 6.08. The van der Waals surface area contributed by atoms with Crippen molar-refractivity contribution in [2.75, 3.05) is 0 Å². The molecule has 25 heavy (non-hydrogen) atoms. The Morgan fingerprint density at radius 1 is 0.880 bits per heavy atom. The molecule has 5 rings (SSSR count). The van der Waals surface area contributed by atoms with Gasteiger partial charge in [0.15, 0.2) is 0 Å². The molecule has 4 nitrogen and oxygen atoms in total. The lowest BCUT2D eigenvalue weighted by Crippen LogP contribution is -2.39. The summed E-state index contributed by atoms with van der Waals surface area (Å²) in [6, 6.07) is 17.1. The van der Waals surface area contributed by atoms with E-state index in [0.717, 1.165) is 27.5 Å². The molecular formula is C21H14O4. The van der Waals surface area contributed by atoms with Crippen molar-refractivity contribution >= 4 is 22.7 Å². The highest BCUT2D eigenvalue weighted by Gasteiger charge is 2.54. The first kappa shape index (κ1) is 14.2. The predicted octanol–water partition coefficient (Wildman–Crippen LogP) is 3.62. The molecule has 2 heterocycles. The van der Waals surface area contributed by atoms with Crippen LogP contribution in [0.1, 0.15) is 32.6 Å². The number of fused-ring (bicyclic) bond motifs is 6. The van der Waals surface area contributed by atoms with Crippen LogP contribution in [0.4, 0.5) is 0 Å². The molecule has 3 aromatic rings. The molecule has 2 aliphatic heterocycles. The van der Waals surface area contributed by atoms with E-state index in [0.29, 0.717) is 11.1 Å². The maximum absolute atomic E-state index is 12.7. The Bertz CT molecular complexity index is 1080. The topological polar surface area (TPSA) is 52.6 Å². The van der Waals surface area contributed by atoms with Gasteiger partial charge in [-0.3, -0.25) is 4.79 Å². The average Bonchev–Trinajstić information content (AvgIpc) is 2.89. The Kier molecular flexibility index (Phi) is 2.67. The number of carbonyl (C=O) groups excluding carboxylic acids is 2. The lowest BCUT2D eigenvalue weighted by molar-refractivity contribution is -0.197. The summed E-state index contributed by atoms with van der Waals surface area (Å²) in [5.74, 6) is -2.34. The fourth-order valence-electron chi connectivity index (χ4n) is 3.92. The van der Waals surface area contributed by atoms with Crippen molar-refractivity contribution in [2.45, 2.75) is 19.1 Å². The van der Waals surface area contributed by atoms with Crippen molar-refractivity contribution in [3.63, 3.8) is 0 Å². The highest BCUT2D eigenvalue weighted by atomic mass is 16.7. The molecule has 1 spiro atoms. The largest absolute Gasteiger partial charge is 0.413 e. The van der Waals surface area contributed by atoms with Gasteiger partial charge in [-0.25, -0.2) is 4.79 Å². The van der Waals surface area contributed by atoms with Crippen molar-refractivity contribution in [1.29, 1.82) is 0 Å². The van der Waals surface area contributed by atoms with Gasteiger partial charge in [0.2, 0.25) is 0 Å². The Morgan fingerprint density at radius 3 is 2.60 bits per heavy atom. The van der Waals surface area contributed by atoms with Gasteiger partial charge < -0.3 is 9.47 Å². The van der Waals surface area contributed by atoms with Gasteiger partial charge in [0, 0.05) is 5.56 Å². The molecule has 1 unspecified atom stereocenters. The third-order valence-corrected chi connectivity index (χ3v) is 5.07. The van der Waals surface area contributed by atoms with Gasteiger partial charge in [0.1, 0.15) is 0 Å². The van der Waals surface area contributed by atoms with Crippen molar-refractivity contribution in [2.24, 2.45) is 0 Å². The van der Waals surface area contributed by atoms with E-state index in [1.165, 1.54) is 0 Å². The summed E-state index contributed by atoms with van der Waals surface area (Å²) in [6.07, 6.45) is 0.185. The summed E-state index contributed by atoms with van der Waals surface area (Å²) in [5.41, 5.74) is 3.65. The molecule has 3 aromatic carbocycles. The molecule has 0 fully saturated rings. The molecule has 0 amide bonds. The number of rotatable bonds is 0. The molecule has 2 aliphatic rings. The third-order valence-electron chi connectivity index (χ3n) is 5.07. The first-order chi connectivity index (χ1) is 12.1. The van der Waals surface area contributed by atoms with Crippen molar-refractivity contribution in [3.05, 3.63) is 82.4 Å². The number of carbonyl (C=O) groups is 2. The van der Waals surface area contributed by atoms with Crippen molar-refractivity contribution < 1.29 is 19.1 Å². The predicted molar refractivity (Wildman–Crippen MR) is 91.1 cm³/mol. The van der Waals surface area contributed by atoms with Crippen LogP contribution in [-0.2, 0) is 26.5 Å². The molecule has 0 bridgehead atoms. The maximum atomic E-state index is 12.7. The van der Waals surface area contributed by atoms with Gasteiger partial charge in [-0.15, -0.1) is 0 Å². The molecule has 0 saturated heterocycles. The van der Waals surface area contributed by atoms with Crippen LogP contribution >= 0.6 is 0 Å². The maximum Gasteiger partial charge on any atom is 0.343 e. The van der Waals surface area contributed by atoms with E-state index in [-0.39, 0.29) is 6.42 Å². The molecule has 0 N–H and O–H groups in total. The number of benzene rings is 3. The van der Waals surface area contributed by atoms with Crippen LogP contribution < -0.4 is 0 Å². The van der Waals surface area contributed by atoms with Gasteiger partial charge in [-0.1, -0.05) is 48.5 Å². The van der Waals surface area contributed by atoms with Gasteiger partial charge in [-0.05, 0) is 34.9 Å². The van der Waals surface area contributed by atoms with E-state index in [1.807, 2.05) is 61.5 Å². The summed E-state index contributed by atoms with van der Waals surface area (Å²) >= 11 is 0. The second kappa shape index (κ2) is 4.70. The fraction of sp³-hybridized carbons (Fsp3) is 0.143. The van der Waals surface area contributed by atoms with Crippen LogP contribution in [0.2, 0.25) is 0 Å². The van der Waals surface area contributed by atoms with Crippen LogP contribution in [0.15, 0.2) is 54.6 Å². The minimum atomic E-state index is -1.48. The average molecular weight is 330 g/mol. The normalized spacial score (nSPS) is 21.0. The zero-order valence-corrected chi connectivity index (χ0v) is 13.5. The summed E-state index contributed by atoms with van der Waals surface area (Å²) in [4.78, 5) is 25.0. The van der Waals surface area contributed by atoms with Crippen LogP contribution in [0.3, 0.4) is 0 Å². The molecule has 0 saturated carbocycles. The number of ether oxygens (including phenoxy) is 2. The Labute approximate surface area is 144 Å². The quantitative estimate of drug-likeness (QED) is 0.591. The summed E-state index contributed by atoms with van der Waals surface area (Å²) in [5, 5.41) is 1.75. The monoisotopic (exact) mass is 330 g/mol. The summed E-state index contributed by atoms with van der Waals surface area (Å²) in [7, 11) is 0. The van der Waals surface area contributed by atoms with Crippen LogP contribution in [0, 0.1) is 6.92 Å². The summed E-state index contributed by atoms with van der Waals surface area (Å²) in [6.45, 7) is 1.95. The molecule has 1 atom stereocenters. The minimum Gasteiger partial charge on any atom is -0.413 e. The van der Waals surface area contributed by atoms with E-state index in [9.17, 15) is 9.59 Å². The second-order valence-corrected chi connectivity index (χ2v) is 6.47. The van der Waals surface area contributed by atoms with Crippen LogP contribution in [0.5, 0.6) is 0 Å². The zero-order chi connectivity index (χ0) is 17.2. The highest BCUT2D eigenvalue weighted by Crippen LogP contribution is 2.48. The SMILES string of the molecule is Cc1cccc2c1CC(=O)OC21OC(=O)c2c1ccc1ccccc21. The molecule has 4 heteroatoms. The first-order valence-electron chi connectivity index (χ1n) is 8.16. The number of hydrogen-bond acceptors (Lipinski definition) is 4. The number of esters is 2. The van der Waals surface area contributed by atoms with Gasteiger partial charge >= 0.3 is 17.7 Å². The molecule has 122 valence electrons. The Hall–Kier alpha value is -3.14. The standard InChI is InChI=1S/C21H14O4/c1-12-5-4-8-16-15(12)11-18(22)24-21(16)17-10-9-13-6-2-3-7-14(13)19(17)20(23)25-21/h2-10H,11H2,1H3. The summed E-state index contributed by atoms with van der Waals surface area (Å²) < 4.78 is 11.4. The molecule has 0 radical (unpaired) electrons. The van der Waals surface area contributed by atoms with E-state index in [4.69, 9.17) is 9.47 Å². The van der Waals surface area contributed by atoms with Crippen LogP contribution in [-0.4, -0.2) is 11.9 Å². The molecular weight excluding hydrogens is 316 g/mol. The Balaban J connectivity index is 1.87. The minimum absolute atomic E-state index is 0.185. The van der Waals surface area contributed by atoms with Crippen LogP contribution in [0.25, 0.3) is 10.8 Å². The van der Waals surface area contributed by atoms with E-state index in [2.05, 4.69) is 0 Å². The van der Waals surface area contributed by atoms with Gasteiger partial charge in [0.25, 0.3) is 0 Å². The Morgan fingerprint density at radius 2 is 1.72 bits per heavy atom. The zero-order valence-electron chi connectivity index (χ0n) is 13.5. The van der Waals surface area contributed by atoms with E-state index < -0.39 is 17.7 Å². The smallest absolute Gasteiger partial charge is 0.343 e. The lowest BCUT2D eigenvalue weighted by Gasteiger charge is -2.34. The molecule has 0 aromatic heterocycles. The third kappa shape index (κ3) is 1.76. The van der Waals surface area contributed by atoms with Gasteiger partial charge in [0.05, 0.1) is 17.5 Å². The van der Waals surface area contributed by atoms with E-state index in [1.54, 1.807) is 0 Å². The second-order valence-electron chi connectivity index (χ2n) is 6.47. The lowest BCUT2D eigenvalue weighted by atomic mass is 9.85. The van der Waals surface area contributed by atoms with E-state index >= 15 is 0 Å². The first-order valence-corrected chi connectivity index (χ1v) is 8.16. The number of hydrogen-bond donors (Lipinski definition) is 0. The van der Waals surface area contributed by atoms with Crippen molar-refractivity contribution in [3.8, 4) is 0 Å². The fourth-order valence-corrected chi connectivity index (χ4v) is 3.92. The molecule has 0 aliphatic carbocycles. The number of aryl methyl sites for hydroxylation is 1. The van der Waals surface area contributed by atoms with Gasteiger partial charge in [-0.2, -0.15) is 0 Å². The van der Waals surface area contributed by atoms with Crippen molar-refractivity contribution in [1.82, 2.24) is 0 Å².